The molecule has 6 aromatic rings. The van der Waals surface area contributed by atoms with Gasteiger partial charge in [-0.3, -0.25) is 5.10 Å². The molecule has 5 nitrogen and oxygen atoms in total. The molecule has 0 saturated carbocycles. The molecule has 4 aromatic carbocycles. The van der Waals surface area contributed by atoms with Gasteiger partial charge in [0.05, 0.1) is 35.1 Å². The van der Waals surface area contributed by atoms with E-state index in [1.807, 2.05) is 18.2 Å². The van der Waals surface area contributed by atoms with E-state index in [2.05, 4.69) is 107 Å². The Hall–Kier alpha value is -4.51. The molecule has 0 fully saturated rings. The molecule has 0 aliphatic rings. The van der Waals surface area contributed by atoms with E-state index in [0.717, 1.165) is 50.3 Å². The van der Waals surface area contributed by atoms with Crippen LogP contribution in [0.1, 0.15) is 11.1 Å². The number of fused-ring (bicyclic) bond motifs is 3. The molecule has 0 unspecified atom stereocenters. The number of methoxy groups -OCH3 is 1. The van der Waals surface area contributed by atoms with E-state index in [-0.39, 0.29) is 0 Å². The van der Waals surface area contributed by atoms with Crippen LogP contribution < -0.4 is 10.2 Å². The molecule has 172 valence electrons. The first-order valence-electron chi connectivity index (χ1n) is 11.7. The number of aryl methyl sites for hydroxylation is 2. The predicted molar refractivity (Wildman–Crippen MR) is 141 cm³/mol. The van der Waals surface area contributed by atoms with Crippen LogP contribution in [0.4, 0.5) is 5.69 Å². The number of para-hydroxylation sites is 2. The van der Waals surface area contributed by atoms with E-state index >= 15 is 0 Å². The molecule has 0 amide bonds. The van der Waals surface area contributed by atoms with Gasteiger partial charge in [-0.05, 0) is 67.9 Å². The zero-order valence-electron chi connectivity index (χ0n) is 20.0. The Bertz CT molecular complexity index is 1720. The third-order valence-electron chi connectivity index (χ3n) is 6.40. The summed E-state index contributed by atoms with van der Waals surface area (Å²) in [5, 5.41) is 3.57. The number of nitrogens with one attached hydrogen (secondary N) is 1. The van der Waals surface area contributed by atoms with Crippen LogP contribution in [0.2, 0.25) is 0 Å². The van der Waals surface area contributed by atoms with Gasteiger partial charge < -0.3 is 4.74 Å². The summed E-state index contributed by atoms with van der Waals surface area (Å²) in [5.74, 6) is 0.828. The fourth-order valence-corrected chi connectivity index (χ4v) is 4.56. The summed E-state index contributed by atoms with van der Waals surface area (Å²) in [6.45, 7) is 4.20. The van der Waals surface area contributed by atoms with E-state index in [9.17, 15) is 0 Å². The number of aromatic nitrogens is 3. The Morgan fingerprint density at radius 3 is 2.03 bits per heavy atom. The Balaban J connectivity index is 1.79. The molecule has 0 aliphatic heterocycles. The quantitative estimate of drug-likeness (QED) is 0.313. The fourth-order valence-electron chi connectivity index (χ4n) is 4.56. The van der Waals surface area contributed by atoms with Crippen LogP contribution in [0, 0.1) is 13.8 Å². The van der Waals surface area contributed by atoms with Crippen molar-refractivity contribution in [2.45, 2.75) is 13.8 Å². The lowest BCUT2D eigenvalue weighted by Crippen LogP contribution is -2.14. The van der Waals surface area contributed by atoms with Crippen molar-refractivity contribution in [3.63, 3.8) is 0 Å². The van der Waals surface area contributed by atoms with Crippen LogP contribution in [-0.4, -0.2) is 21.4 Å². The zero-order valence-corrected chi connectivity index (χ0v) is 20.0. The molecule has 35 heavy (non-hydrogen) atoms. The standard InChI is InChI=1S/C30H26N4O/c1-20-8-12-22(13-9-20)28-29(23-14-18-25(35-3)19-15-23)33-27-7-5-4-6-26(27)32-34(33)30(28)31-24-16-10-21(2)11-17-24/h4-19,32H,1-3H3. The number of H-pyrrole nitrogens is 1. The van der Waals surface area contributed by atoms with Crippen molar-refractivity contribution in [3.8, 4) is 28.1 Å². The lowest BCUT2D eigenvalue weighted by atomic mass is 10.00. The molecular formula is C30H26N4O. The summed E-state index contributed by atoms with van der Waals surface area (Å²) < 4.78 is 9.71. The van der Waals surface area contributed by atoms with Gasteiger partial charge in [0.15, 0.2) is 5.49 Å². The Morgan fingerprint density at radius 1 is 0.714 bits per heavy atom. The van der Waals surface area contributed by atoms with Gasteiger partial charge in [0.1, 0.15) is 5.75 Å². The molecule has 0 aliphatic carbocycles. The largest absolute Gasteiger partial charge is 0.497 e. The summed E-state index contributed by atoms with van der Waals surface area (Å²) in [5.41, 5.74) is 10.6. The fraction of sp³-hybridized carbons (Fsp3) is 0.100. The minimum atomic E-state index is 0.828. The van der Waals surface area contributed by atoms with E-state index < -0.39 is 0 Å². The van der Waals surface area contributed by atoms with E-state index in [4.69, 9.17) is 9.73 Å². The van der Waals surface area contributed by atoms with Crippen molar-refractivity contribution in [3.05, 3.63) is 114 Å². The highest BCUT2D eigenvalue weighted by molar-refractivity contribution is 5.85. The van der Waals surface area contributed by atoms with Gasteiger partial charge >= 0.3 is 0 Å². The van der Waals surface area contributed by atoms with Crippen molar-refractivity contribution in [1.82, 2.24) is 14.2 Å². The molecule has 1 N–H and O–H groups in total. The van der Waals surface area contributed by atoms with Crippen molar-refractivity contribution in [2.24, 2.45) is 4.99 Å². The number of hydrogen-bond acceptors (Lipinski definition) is 2. The number of ether oxygens (including phenoxy) is 1. The summed E-state index contributed by atoms with van der Waals surface area (Å²) in [6.07, 6.45) is 0. The summed E-state index contributed by atoms with van der Waals surface area (Å²) in [4.78, 5) is 5.17. The second-order valence-electron chi connectivity index (χ2n) is 8.84. The minimum Gasteiger partial charge on any atom is -0.497 e. The van der Waals surface area contributed by atoms with Crippen molar-refractivity contribution in [1.29, 1.82) is 0 Å². The molecule has 0 spiro atoms. The number of benzene rings is 4. The molecule has 0 radical (unpaired) electrons. The zero-order chi connectivity index (χ0) is 23.9. The number of nitrogens with zero attached hydrogens (tertiary/aromatic N) is 3. The van der Waals surface area contributed by atoms with Gasteiger partial charge in [0, 0.05) is 5.56 Å². The van der Waals surface area contributed by atoms with Crippen LogP contribution in [0.25, 0.3) is 33.4 Å². The highest BCUT2D eigenvalue weighted by atomic mass is 16.5. The average Bonchev–Trinajstić information content (AvgIpc) is 3.41. The van der Waals surface area contributed by atoms with Crippen LogP contribution in [0.5, 0.6) is 5.75 Å². The second kappa shape index (κ2) is 8.37. The van der Waals surface area contributed by atoms with Crippen LogP contribution in [0.15, 0.2) is 102 Å². The highest BCUT2D eigenvalue weighted by Gasteiger charge is 2.21. The van der Waals surface area contributed by atoms with Crippen molar-refractivity contribution in [2.75, 3.05) is 7.11 Å². The summed E-state index contributed by atoms with van der Waals surface area (Å²) in [7, 11) is 1.69. The Morgan fingerprint density at radius 2 is 1.34 bits per heavy atom. The third-order valence-corrected chi connectivity index (χ3v) is 6.40. The second-order valence-corrected chi connectivity index (χ2v) is 8.84. The van der Waals surface area contributed by atoms with Crippen LogP contribution >= 0.6 is 0 Å². The Kier molecular flexibility index (Phi) is 5.03. The normalized spacial score (nSPS) is 12.0. The molecule has 5 heteroatoms. The molecule has 2 heterocycles. The Labute approximate surface area is 203 Å². The van der Waals surface area contributed by atoms with Gasteiger partial charge in [-0.1, -0.05) is 59.7 Å². The smallest absolute Gasteiger partial charge is 0.181 e. The number of aromatic amines is 1. The van der Waals surface area contributed by atoms with Gasteiger partial charge in [0.2, 0.25) is 0 Å². The summed E-state index contributed by atoms with van der Waals surface area (Å²) in [6, 6.07) is 33.5. The molecular weight excluding hydrogens is 432 g/mol. The predicted octanol–water partition coefficient (Wildman–Crippen LogP) is 6.71. The topological polar surface area (TPSA) is 46.2 Å². The van der Waals surface area contributed by atoms with E-state index in [1.165, 1.54) is 11.1 Å². The molecule has 6 rings (SSSR count). The maximum atomic E-state index is 5.43. The first-order chi connectivity index (χ1) is 17.1. The maximum absolute atomic E-state index is 5.43. The van der Waals surface area contributed by atoms with Gasteiger partial charge in [-0.15, -0.1) is 0 Å². The number of rotatable bonds is 4. The van der Waals surface area contributed by atoms with Gasteiger partial charge in [-0.25, -0.2) is 9.51 Å². The SMILES string of the molecule is COc1ccc(-c2c(-c3ccc(C)cc3)c(=Nc3ccc(C)cc3)n3[nH]c4ccccc4n23)cc1. The molecule has 2 aromatic heterocycles. The third kappa shape index (κ3) is 3.62. The van der Waals surface area contributed by atoms with Crippen LogP contribution in [0.3, 0.4) is 0 Å². The number of hydrogen-bond donors (Lipinski definition) is 1. The first-order valence-corrected chi connectivity index (χ1v) is 11.7. The molecule has 0 bridgehead atoms. The monoisotopic (exact) mass is 458 g/mol. The lowest BCUT2D eigenvalue weighted by molar-refractivity contribution is 0.415. The van der Waals surface area contributed by atoms with E-state index in [0.29, 0.717) is 0 Å². The van der Waals surface area contributed by atoms with E-state index in [1.54, 1.807) is 7.11 Å². The highest BCUT2D eigenvalue weighted by Crippen LogP contribution is 2.33. The molecule has 0 saturated heterocycles. The van der Waals surface area contributed by atoms with Gasteiger partial charge in [0.25, 0.3) is 0 Å². The van der Waals surface area contributed by atoms with Crippen molar-refractivity contribution < 1.29 is 4.74 Å². The van der Waals surface area contributed by atoms with Gasteiger partial charge in [-0.2, -0.15) is 4.63 Å². The molecule has 0 atom stereocenters. The first kappa shape index (κ1) is 21.1. The van der Waals surface area contributed by atoms with Crippen LogP contribution in [-0.2, 0) is 0 Å². The minimum absolute atomic E-state index is 0.828. The summed E-state index contributed by atoms with van der Waals surface area (Å²) >= 11 is 0. The average molecular weight is 459 g/mol. The lowest BCUT2D eigenvalue weighted by Gasteiger charge is -2.08. The van der Waals surface area contributed by atoms with Crippen molar-refractivity contribution >= 4 is 16.7 Å². The maximum Gasteiger partial charge on any atom is 0.181 e.